The fourth-order valence-electron chi connectivity index (χ4n) is 2.80. The Balaban J connectivity index is 1.82. The summed E-state index contributed by atoms with van der Waals surface area (Å²) in [4.78, 5) is 24.3. The van der Waals surface area contributed by atoms with Crippen molar-refractivity contribution in [1.82, 2.24) is 5.32 Å². The van der Waals surface area contributed by atoms with Crippen molar-refractivity contribution in [2.75, 3.05) is 6.61 Å². The number of carbonyl (C=O) groups excluding carboxylic acids is 2. The Morgan fingerprint density at radius 3 is 2.58 bits per heavy atom. The number of primary amides is 1. The molecule has 6 heteroatoms. The monoisotopic (exact) mass is 328 g/mol. The average Bonchev–Trinajstić information content (AvgIpc) is 2.59. The zero-order valence-corrected chi connectivity index (χ0v) is 12.9. The second kappa shape index (κ2) is 6.80. The zero-order chi connectivity index (χ0) is 17.1. The van der Waals surface area contributed by atoms with E-state index in [9.17, 15) is 14.0 Å². The molecule has 24 heavy (non-hydrogen) atoms. The summed E-state index contributed by atoms with van der Waals surface area (Å²) in [5.74, 6) is -1.60. The molecule has 3 N–H and O–H groups in total. The van der Waals surface area contributed by atoms with Crippen molar-refractivity contribution in [1.29, 1.82) is 0 Å². The SMILES string of the molecule is NC(=O)[C@@H](NC(=O)[C@H]1OCCc2ccccc21)c1ccc(F)cc1. The van der Waals surface area contributed by atoms with Gasteiger partial charge in [-0.2, -0.15) is 0 Å². The first kappa shape index (κ1) is 16.1. The van der Waals surface area contributed by atoms with Crippen molar-refractivity contribution >= 4 is 11.8 Å². The highest BCUT2D eigenvalue weighted by Crippen LogP contribution is 2.28. The summed E-state index contributed by atoms with van der Waals surface area (Å²) in [6, 6.07) is 11.7. The Morgan fingerprint density at radius 1 is 1.17 bits per heavy atom. The molecule has 2 aromatic carbocycles. The molecule has 5 nitrogen and oxygen atoms in total. The molecule has 3 rings (SSSR count). The molecule has 1 aliphatic rings. The van der Waals surface area contributed by atoms with E-state index >= 15 is 0 Å². The third-order valence-electron chi connectivity index (χ3n) is 4.01. The standard InChI is InChI=1S/C18H17FN2O3/c19-13-7-5-12(6-8-13)15(17(20)22)21-18(23)16-14-4-2-1-3-11(14)9-10-24-16/h1-8,15-16H,9-10H2,(H2,20,22)(H,21,23)/t15-,16-/m0/s1. The van der Waals surface area contributed by atoms with E-state index in [1.165, 1.54) is 24.3 Å². The van der Waals surface area contributed by atoms with Gasteiger partial charge in [0.05, 0.1) is 6.61 Å². The third-order valence-corrected chi connectivity index (χ3v) is 4.01. The number of hydrogen-bond acceptors (Lipinski definition) is 3. The van der Waals surface area contributed by atoms with Crippen LogP contribution in [0.2, 0.25) is 0 Å². The molecule has 0 unspecified atom stereocenters. The lowest BCUT2D eigenvalue weighted by Gasteiger charge is -2.26. The highest BCUT2D eigenvalue weighted by Gasteiger charge is 2.30. The zero-order valence-electron chi connectivity index (χ0n) is 12.9. The molecule has 2 amide bonds. The first-order valence-electron chi connectivity index (χ1n) is 7.61. The largest absolute Gasteiger partial charge is 0.368 e. The topological polar surface area (TPSA) is 81.4 Å². The summed E-state index contributed by atoms with van der Waals surface area (Å²) in [6.07, 6.45) is -0.0609. The van der Waals surface area contributed by atoms with Crippen molar-refractivity contribution < 1.29 is 18.7 Å². The van der Waals surface area contributed by atoms with Crippen molar-refractivity contribution in [3.05, 3.63) is 71.0 Å². The van der Waals surface area contributed by atoms with Gasteiger partial charge in [0.15, 0.2) is 6.10 Å². The number of benzene rings is 2. The molecule has 2 atom stereocenters. The number of nitrogens with two attached hydrogens (primary N) is 1. The van der Waals surface area contributed by atoms with Gasteiger partial charge in [0.25, 0.3) is 5.91 Å². The smallest absolute Gasteiger partial charge is 0.254 e. The lowest BCUT2D eigenvalue weighted by atomic mass is 9.96. The van der Waals surface area contributed by atoms with Crippen LogP contribution >= 0.6 is 0 Å². The van der Waals surface area contributed by atoms with Crippen LogP contribution in [0.4, 0.5) is 4.39 Å². The van der Waals surface area contributed by atoms with Gasteiger partial charge in [0, 0.05) is 0 Å². The Kier molecular flexibility index (Phi) is 4.57. The average molecular weight is 328 g/mol. The van der Waals surface area contributed by atoms with Crippen LogP contribution in [-0.4, -0.2) is 18.4 Å². The molecule has 0 spiro atoms. The molecule has 0 saturated heterocycles. The minimum absolute atomic E-state index is 0.418. The van der Waals surface area contributed by atoms with E-state index in [2.05, 4.69) is 5.32 Å². The van der Waals surface area contributed by atoms with E-state index in [0.717, 1.165) is 17.5 Å². The number of ether oxygens (including phenoxy) is 1. The number of nitrogens with one attached hydrogen (secondary N) is 1. The van der Waals surface area contributed by atoms with Gasteiger partial charge in [0.2, 0.25) is 5.91 Å². The van der Waals surface area contributed by atoms with Crippen molar-refractivity contribution in [2.45, 2.75) is 18.6 Å². The maximum absolute atomic E-state index is 13.0. The summed E-state index contributed by atoms with van der Waals surface area (Å²) in [6.45, 7) is 0.423. The van der Waals surface area contributed by atoms with Crippen LogP contribution in [-0.2, 0) is 20.7 Å². The molecule has 0 saturated carbocycles. The molecule has 124 valence electrons. The van der Waals surface area contributed by atoms with Crippen molar-refractivity contribution in [3.8, 4) is 0 Å². The predicted molar refractivity (Wildman–Crippen MR) is 85.3 cm³/mol. The van der Waals surface area contributed by atoms with E-state index in [4.69, 9.17) is 10.5 Å². The molecular formula is C18H17FN2O3. The Hall–Kier alpha value is -2.73. The van der Waals surface area contributed by atoms with E-state index in [0.29, 0.717) is 12.2 Å². The number of halogens is 1. The summed E-state index contributed by atoms with van der Waals surface area (Å²) >= 11 is 0. The van der Waals surface area contributed by atoms with Crippen molar-refractivity contribution in [3.63, 3.8) is 0 Å². The molecular weight excluding hydrogens is 311 g/mol. The van der Waals surface area contributed by atoms with E-state index in [-0.39, 0.29) is 0 Å². The molecule has 0 radical (unpaired) electrons. The van der Waals surface area contributed by atoms with Crippen LogP contribution in [0.5, 0.6) is 0 Å². The van der Waals surface area contributed by atoms with Crippen LogP contribution in [0, 0.1) is 5.82 Å². The first-order chi connectivity index (χ1) is 11.6. The molecule has 1 aliphatic heterocycles. The Bertz CT molecular complexity index is 761. The van der Waals surface area contributed by atoms with E-state index in [1.807, 2.05) is 24.3 Å². The quantitative estimate of drug-likeness (QED) is 0.898. The molecule has 0 fully saturated rings. The van der Waals surface area contributed by atoms with Crippen LogP contribution in [0.1, 0.15) is 28.8 Å². The van der Waals surface area contributed by atoms with Crippen LogP contribution in [0.3, 0.4) is 0 Å². The molecule has 0 aromatic heterocycles. The second-order valence-electron chi connectivity index (χ2n) is 5.60. The minimum Gasteiger partial charge on any atom is -0.368 e. The lowest BCUT2D eigenvalue weighted by molar-refractivity contribution is -0.137. The summed E-state index contributed by atoms with van der Waals surface area (Å²) < 4.78 is 18.6. The molecule has 2 aromatic rings. The van der Waals surface area contributed by atoms with Crippen LogP contribution in [0.15, 0.2) is 48.5 Å². The third kappa shape index (κ3) is 3.28. The summed E-state index contributed by atoms with van der Waals surface area (Å²) in [5, 5.41) is 2.60. The summed E-state index contributed by atoms with van der Waals surface area (Å²) in [5.41, 5.74) is 7.63. The lowest BCUT2D eigenvalue weighted by Crippen LogP contribution is -2.41. The summed E-state index contributed by atoms with van der Waals surface area (Å²) in [7, 11) is 0. The van der Waals surface area contributed by atoms with Gasteiger partial charge < -0.3 is 15.8 Å². The van der Waals surface area contributed by atoms with Gasteiger partial charge in [-0.15, -0.1) is 0 Å². The second-order valence-corrected chi connectivity index (χ2v) is 5.60. The Labute approximate surface area is 138 Å². The highest BCUT2D eigenvalue weighted by atomic mass is 19.1. The molecule has 0 aliphatic carbocycles. The van der Waals surface area contributed by atoms with Crippen LogP contribution < -0.4 is 11.1 Å². The Morgan fingerprint density at radius 2 is 1.88 bits per heavy atom. The fourth-order valence-corrected chi connectivity index (χ4v) is 2.80. The van der Waals surface area contributed by atoms with Gasteiger partial charge >= 0.3 is 0 Å². The van der Waals surface area contributed by atoms with Gasteiger partial charge in [0.1, 0.15) is 11.9 Å². The molecule has 1 heterocycles. The van der Waals surface area contributed by atoms with Gasteiger partial charge in [-0.1, -0.05) is 36.4 Å². The normalized spacial score (nSPS) is 17.6. The van der Waals surface area contributed by atoms with Gasteiger partial charge in [-0.3, -0.25) is 9.59 Å². The fraction of sp³-hybridized carbons (Fsp3) is 0.222. The molecule has 0 bridgehead atoms. The number of hydrogen-bond donors (Lipinski definition) is 2. The van der Waals surface area contributed by atoms with Gasteiger partial charge in [-0.25, -0.2) is 4.39 Å². The number of carbonyl (C=O) groups is 2. The van der Waals surface area contributed by atoms with Crippen LogP contribution in [0.25, 0.3) is 0 Å². The minimum atomic E-state index is -1.05. The first-order valence-corrected chi connectivity index (χ1v) is 7.61. The predicted octanol–water partition coefficient (Wildman–Crippen LogP) is 1.78. The number of amides is 2. The number of rotatable bonds is 4. The van der Waals surface area contributed by atoms with E-state index in [1.54, 1.807) is 0 Å². The van der Waals surface area contributed by atoms with Crippen molar-refractivity contribution in [2.24, 2.45) is 5.73 Å². The van der Waals surface area contributed by atoms with E-state index < -0.39 is 29.8 Å². The maximum Gasteiger partial charge on any atom is 0.254 e. The van der Waals surface area contributed by atoms with Gasteiger partial charge in [-0.05, 0) is 35.2 Å². The number of fused-ring (bicyclic) bond motifs is 1. The maximum atomic E-state index is 13.0. The highest BCUT2D eigenvalue weighted by molar-refractivity contribution is 5.90.